The maximum absolute atomic E-state index is 11.6. The third-order valence-electron chi connectivity index (χ3n) is 3.49. The Balaban J connectivity index is 1.60. The van der Waals surface area contributed by atoms with Crippen molar-refractivity contribution in [2.75, 3.05) is 24.6 Å². The first-order valence-electron chi connectivity index (χ1n) is 5.73. The molecule has 1 aromatic heterocycles. The molecule has 0 spiro atoms. The first kappa shape index (κ1) is 11.5. The number of carbonyl (C=O) groups excluding carboxylic acids is 1. The summed E-state index contributed by atoms with van der Waals surface area (Å²) >= 11 is 5.00. The number of fused-ring (bicyclic) bond motifs is 1. The van der Waals surface area contributed by atoms with Gasteiger partial charge in [-0.15, -0.1) is 11.3 Å². The SMILES string of the molecule is CCOC(=O)C1[C@@H]2CN(c3nc(Br)cs3)C[C@@H]12. The van der Waals surface area contributed by atoms with Crippen LogP contribution in [0, 0.1) is 17.8 Å². The second kappa shape index (κ2) is 4.24. The van der Waals surface area contributed by atoms with Gasteiger partial charge in [0.15, 0.2) is 5.13 Å². The van der Waals surface area contributed by atoms with Crippen molar-refractivity contribution in [3.8, 4) is 0 Å². The highest BCUT2D eigenvalue weighted by Crippen LogP contribution is 2.53. The molecule has 1 saturated carbocycles. The molecule has 3 rings (SSSR count). The van der Waals surface area contributed by atoms with Gasteiger partial charge in [-0.25, -0.2) is 4.98 Å². The molecule has 92 valence electrons. The maximum atomic E-state index is 11.6. The number of ether oxygens (including phenoxy) is 1. The van der Waals surface area contributed by atoms with Gasteiger partial charge in [0.25, 0.3) is 0 Å². The van der Waals surface area contributed by atoms with E-state index in [-0.39, 0.29) is 11.9 Å². The topological polar surface area (TPSA) is 42.4 Å². The maximum Gasteiger partial charge on any atom is 0.309 e. The van der Waals surface area contributed by atoms with E-state index >= 15 is 0 Å². The molecule has 1 aliphatic carbocycles. The van der Waals surface area contributed by atoms with Gasteiger partial charge in [-0.3, -0.25) is 4.79 Å². The van der Waals surface area contributed by atoms with Crippen molar-refractivity contribution in [3.05, 3.63) is 9.98 Å². The third-order valence-corrected chi connectivity index (χ3v) is 5.10. The molecule has 2 heterocycles. The van der Waals surface area contributed by atoms with Gasteiger partial charge in [-0.1, -0.05) is 0 Å². The molecule has 0 aromatic carbocycles. The van der Waals surface area contributed by atoms with E-state index < -0.39 is 0 Å². The van der Waals surface area contributed by atoms with Gasteiger partial charge >= 0.3 is 5.97 Å². The van der Waals surface area contributed by atoms with E-state index in [2.05, 4.69) is 25.8 Å². The van der Waals surface area contributed by atoms with Crippen molar-refractivity contribution < 1.29 is 9.53 Å². The van der Waals surface area contributed by atoms with Crippen LogP contribution in [0.25, 0.3) is 0 Å². The van der Waals surface area contributed by atoms with Crippen LogP contribution < -0.4 is 4.90 Å². The summed E-state index contributed by atoms with van der Waals surface area (Å²) in [5.74, 6) is 1.10. The van der Waals surface area contributed by atoms with Gasteiger partial charge in [0.1, 0.15) is 4.60 Å². The average molecular weight is 317 g/mol. The van der Waals surface area contributed by atoms with Gasteiger partial charge in [-0.2, -0.15) is 0 Å². The smallest absolute Gasteiger partial charge is 0.309 e. The predicted octanol–water partition coefficient (Wildman–Crippen LogP) is 2.15. The number of aromatic nitrogens is 1. The molecule has 0 N–H and O–H groups in total. The highest BCUT2D eigenvalue weighted by atomic mass is 79.9. The molecule has 0 bridgehead atoms. The van der Waals surface area contributed by atoms with E-state index in [1.165, 1.54) is 0 Å². The number of esters is 1. The summed E-state index contributed by atoms with van der Waals surface area (Å²) in [4.78, 5) is 18.3. The molecule has 4 nitrogen and oxygen atoms in total. The summed E-state index contributed by atoms with van der Waals surface area (Å²) in [7, 11) is 0. The summed E-state index contributed by atoms with van der Waals surface area (Å²) in [5, 5.41) is 3.04. The summed E-state index contributed by atoms with van der Waals surface area (Å²) in [6.45, 7) is 4.22. The van der Waals surface area contributed by atoms with Crippen LogP contribution in [0.15, 0.2) is 9.98 Å². The minimum atomic E-state index is -0.0116. The lowest BCUT2D eigenvalue weighted by molar-refractivity contribution is -0.145. The molecule has 2 fully saturated rings. The Bertz CT molecular complexity index is 438. The van der Waals surface area contributed by atoms with Crippen molar-refractivity contribution in [3.63, 3.8) is 0 Å². The van der Waals surface area contributed by atoms with Crippen LogP contribution in [0.3, 0.4) is 0 Å². The van der Waals surface area contributed by atoms with Crippen molar-refractivity contribution in [1.29, 1.82) is 0 Å². The van der Waals surface area contributed by atoms with Crippen molar-refractivity contribution in [2.24, 2.45) is 17.8 Å². The Kier molecular flexibility index (Phi) is 2.86. The van der Waals surface area contributed by atoms with Gasteiger partial charge in [0.05, 0.1) is 12.5 Å². The minimum Gasteiger partial charge on any atom is -0.466 e. The molecule has 0 radical (unpaired) electrons. The summed E-state index contributed by atoms with van der Waals surface area (Å²) in [6.07, 6.45) is 0. The molecule has 0 amide bonds. The van der Waals surface area contributed by atoms with E-state index in [1.54, 1.807) is 11.3 Å². The number of carbonyl (C=O) groups is 1. The van der Waals surface area contributed by atoms with Crippen molar-refractivity contribution >= 4 is 38.4 Å². The number of halogens is 1. The number of anilines is 1. The van der Waals surface area contributed by atoms with E-state index in [1.807, 2.05) is 12.3 Å². The first-order valence-corrected chi connectivity index (χ1v) is 7.40. The lowest BCUT2D eigenvalue weighted by Gasteiger charge is -2.17. The molecule has 1 aliphatic heterocycles. The predicted molar refractivity (Wildman–Crippen MR) is 69.1 cm³/mol. The van der Waals surface area contributed by atoms with Crippen LogP contribution in [0.1, 0.15) is 6.92 Å². The number of hydrogen-bond acceptors (Lipinski definition) is 5. The molecule has 2 aliphatic rings. The highest BCUT2D eigenvalue weighted by Gasteiger charge is 2.60. The van der Waals surface area contributed by atoms with Gasteiger partial charge in [0.2, 0.25) is 0 Å². The average Bonchev–Trinajstić information content (AvgIpc) is 2.67. The Morgan fingerprint density at radius 1 is 1.65 bits per heavy atom. The molecular formula is C11H13BrN2O2S. The monoisotopic (exact) mass is 316 g/mol. The summed E-state index contributed by atoms with van der Waals surface area (Å²) in [6, 6.07) is 0. The zero-order valence-electron chi connectivity index (χ0n) is 9.43. The second-order valence-corrected chi connectivity index (χ2v) is 6.11. The van der Waals surface area contributed by atoms with Crippen LogP contribution >= 0.6 is 27.3 Å². The molecular weight excluding hydrogens is 304 g/mol. The van der Waals surface area contributed by atoms with Crippen LogP contribution in [0.2, 0.25) is 0 Å². The van der Waals surface area contributed by atoms with Crippen LogP contribution in [0.5, 0.6) is 0 Å². The Morgan fingerprint density at radius 2 is 2.35 bits per heavy atom. The third kappa shape index (κ3) is 1.97. The molecule has 1 aromatic rings. The fourth-order valence-corrected chi connectivity index (χ4v) is 3.93. The van der Waals surface area contributed by atoms with E-state index in [4.69, 9.17) is 4.74 Å². The fourth-order valence-electron chi connectivity index (χ4n) is 2.66. The number of nitrogens with zero attached hydrogens (tertiary/aromatic N) is 2. The highest BCUT2D eigenvalue weighted by molar-refractivity contribution is 9.10. The Hall–Kier alpha value is -0.620. The zero-order chi connectivity index (χ0) is 12.0. The van der Waals surface area contributed by atoms with Gasteiger partial charge in [0, 0.05) is 18.5 Å². The lowest BCUT2D eigenvalue weighted by atomic mass is 10.3. The van der Waals surface area contributed by atoms with Crippen molar-refractivity contribution in [1.82, 2.24) is 4.98 Å². The summed E-state index contributed by atoms with van der Waals surface area (Å²) in [5.41, 5.74) is 0. The Morgan fingerprint density at radius 3 is 2.88 bits per heavy atom. The standard InChI is InChI=1S/C11H13BrN2O2S/c1-2-16-10(15)9-6-3-14(4-7(6)9)11-13-8(12)5-17-11/h5-7,9H,2-4H2,1H3/t6-,7-/m1/s1. The number of rotatable bonds is 3. The van der Waals surface area contributed by atoms with Crippen molar-refractivity contribution in [2.45, 2.75) is 6.92 Å². The Labute approximate surface area is 112 Å². The van der Waals surface area contributed by atoms with E-state index in [0.29, 0.717) is 18.4 Å². The van der Waals surface area contributed by atoms with Crippen LogP contribution in [-0.2, 0) is 9.53 Å². The molecule has 17 heavy (non-hydrogen) atoms. The first-order chi connectivity index (χ1) is 8.20. The van der Waals surface area contributed by atoms with E-state index in [9.17, 15) is 4.79 Å². The second-order valence-electron chi connectivity index (χ2n) is 4.46. The molecule has 0 unspecified atom stereocenters. The van der Waals surface area contributed by atoms with Gasteiger partial charge < -0.3 is 9.64 Å². The number of hydrogen-bond donors (Lipinski definition) is 0. The largest absolute Gasteiger partial charge is 0.466 e. The molecule has 1 saturated heterocycles. The van der Waals surface area contributed by atoms with Gasteiger partial charge in [-0.05, 0) is 34.7 Å². The minimum absolute atomic E-state index is 0.0116. The molecule has 2 atom stereocenters. The summed E-state index contributed by atoms with van der Waals surface area (Å²) < 4.78 is 5.96. The zero-order valence-corrected chi connectivity index (χ0v) is 11.8. The van der Waals surface area contributed by atoms with E-state index in [0.717, 1.165) is 22.8 Å². The number of thiazole rings is 1. The fraction of sp³-hybridized carbons (Fsp3) is 0.636. The lowest BCUT2D eigenvalue weighted by Crippen LogP contribution is -2.26. The quantitative estimate of drug-likeness (QED) is 0.801. The normalized spacial score (nSPS) is 30.2. The molecule has 6 heteroatoms. The number of piperidine rings is 1. The van der Waals surface area contributed by atoms with Crippen LogP contribution in [0.4, 0.5) is 5.13 Å². The van der Waals surface area contributed by atoms with Crippen LogP contribution in [-0.4, -0.2) is 30.6 Å².